The Hall–Kier alpha value is -0.690. The maximum atomic E-state index is 10.7. The number of rotatable bonds is 2. The summed E-state index contributed by atoms with van der Waals surface area (Å²) in [5.41, 5.74) is 0. The molecule has 14 heavy (non-hydrogen) atoms. The zero-order chi connectivity index (χ0) is 10.7. The molecule has 0 aromatic rings. The molecule has 1 amide bonds. The zero-order valence-corrected chi connectivity index (χ0v) is 7.88. The van der Waals surface area contributed by atoms with Crippen LogP contribution in [-0.4, -0.2) is 52.4 Å². The van der Waals surface area contributed by atoms with Gasteiger partial charge in [-0.3, -0.25) is 4.79 Å². The van der Waals surface area contributed by atoms with E-state index in [4.69, 9.17) is 9.84 Å². The molecule has 1 fully saturated rings. The smallest absolute Gasteiger partial charge is 0.217 e. The molecular formula is C8H15NO5. The zero-order valence-electron chi connectivity index (χ0n) is 7.88. The lowest BCUT2D eigenvalue weighted by Crippen LogP contribution is -2.57. The van der Waals surface area contributed by atoms with Crippen LogP contribution in [0.4, 0.5) is 0 Å². The van der Waals surface area contributed by atoms with Crippen LogP contribution in [0, 0.1) is 0 Å². The maximum absolute atomic E-state index is 10.7. The van der Waals surface area contributed by atoms with Crippen molar-refractivity contribution in [1.29, 1.82) is 0 Å². The third-order valence-electron chi connectivity index (χ3n) is 2.13. The lowest BCUT2D eigenvalue weighted by atomic mass is 10.0. The van der Waals surface area contributed by atoms with E-state index in [1.807, 2.05) is 0 Å². The number of aliphatic hydroxyl groups is 3. The summed E-state index contributed by atoms with van der Waals surface area (Å²) in [4.78, 5) is 10.7. The third kappa shape index (κ3) is 2.65. The van der Waals surface area contributed by atoms with Gasteiger partial charge in [0.15, 0.2) is 6.29 Å². The second-order valence-electron chi connectivity index (χ2n) is 3.36. The van der Waals surface area contributed by atoms with Gasteiger partial charge in [-0.25, -0.2) is 0 Å². The van der Waals surface area contributed by atoms with E-state index in [0.29, 0.717) is 0 Å². The highest BCUT2D eigenvalue weighted by Gasteiger charge is 2.36. The minimum absolute atomic E-state index is 0.193. The van der Waals surface area contributed by atoms with Gasteiger partial charge < -0.3 is 25.4 Å². The molecule has 0 aromatic carbocycles. The average Bonchev–Trinajstić information content (AvgIpc) is 2.10. The fourth-order valence-corrected chi connectivity index (χ4v) is 1.46. The number of amides is 1. The average molecular weight is 205 g/mol. The first-order valence-corrected chi connectivity index (χ1v) is 4.44. The van der Waals surface area contributed by atoms with Crippen molar-refractivity contribution in [2.45, 2.75) is 37.9 Å². The highest BCUT2D eigenvalue weighted by Crippen LogP contribution is 2.18. The number of carbonyl (C=O) groups excluding carboxylic acids is 1. The summed E-state index contributed by atoms with van der Waals surface area (Å²) in [7, 11) is 0. The van der Waals surface area contributed by atoms with E-state index < -0.39 is 24.5 Å². The van der Waals surface area contributed by atoms with Gasteiger partial charge in [0.05, 0.1) is 18.8 Å². The fraction of sp³-hybridized carbons (Fsp3) is 0.875. The second kappa shape index (κ2) is 4.70. The van der Waals surface area contributed by atoms with E-state index in [0.717, 1.165) is 0 Å². The minimum atomic E-state index is -1.28. The number of hydrogen-bond acceptors (Lipinski definition) is 5. The van der Waals surface area contributed by atoms with Crippen LogP contribution < -0.4 is 5.32 Å². The van der Waals surface area contributed by atoms with Gasteiger partial charge in [-0.15, -0.1) is 0 Å². The highest BCUT2D eigenvalue weighted by molar-refractivity contribution is 5.73. The fourth-order valence-electron chi connectivity index (χ4n) is 1.46. The van der Waals surface area contributed by atoms with Crippen molar-refractivity contribution in [3.8, 4) is 0 Å². The quantitative estimate of drug-likeness (QED) is 0.416. The molecule has 4 atom stereocenters. The van der Waals surface area contributed by atoms with E-state index in [1.54, 1.807) is 0 Å². The lowest BCUT2D eigenvalue weighted by Gasteiger charge is -2.36. The van der Waals surface area contributed by atoms with Gasteiger partial charge in [0.25, 0.3) is 0 Å². The van der Waals surface area contributed by atoms with Crippen molar-refractivity contribution in [3.63, 3.8) is 0 Å². The summed E-state index contributed by atoms with van der Waals surface area (Å²) in [6.45, 7) is 1.03. The Morgan fingerprint density at radius 3 is 2.64 bits per heavy atom. The Kier molecular flexibility index (Phi) is 3.82. The molecule has 1 aliphatic heterocycles. The number of aliphatic hydroxyl groups excluding tert-OH is 3. The van der Waals surface area contributed by atoms with Gasteiger partial charge in [0.2, 0.25) is 5.91 Å². The van der Waals surface area contributed by atoms with Crippen LogP contribution in [0.5, 0.6) is 0 Å². The molecule has 0 radical (unpaired) electrons. The summed E-state index contributed by atoms with van der Waals surface area (Å²) in [6, 6.07) is -0.824. The largest absolute Gasteiger partial charge is 0.394 e. The first-order chi connectivity index (χ1) is 6.54. The van der Waals surface area contributed by atoms with E-state index in [1.165, 1.54) is 6.92 Å². The minimum Gasteiger partial charge on any atom is -0.394 e. The monoisotopic (exact) mass is 205 g/mol. The lowest BCUT2D eigenvalue weighted by molar-refractivity contribution is -0.214. The molecular weight excluding hydrogens is 190 g/mol. The van der Waals surface area contributed by atoms with Crippen LogP contribution in [0.15, 0.2) is 0 Å². The number of hydrogen-bond donors (Lipinski definition) is 4. The molecule has 6 nitrogen and oxygen atoms in total. The summed E-state index contributed by atoms with van der Waals surface area (Å²) in [5, 5.41) is 30.0. The van der Waals surface area contributed by atoms with E-state index >= 15 is 0 Å². The molecule has 0 bridgehead atoms. The first-order valence-electron chi connectivity index (χ1n) is 4.44. The topological polar surface area (TPSA) is 99.0 Å². The number of carbonyl (C=O) groups is 1. The van der Waals surface area contributed by atoms with Gasteiger partial charge in [-0.2, -0.15) is 0 Å². The second-order valence-corrected chi connectivity index (χ2v) is 3.36. The predicted octanol–water partition coefficient (Wildman–Crippen LogP) is -2.05. The van der Waals surface area contributed by atoms with Gasteiger partial charge in [-0.05, 0) is 0 Å². The van der Waals surface area contributed by atoms with Gasteiger partial charge in [0, 0.05) is 13.3 Å². The van der Waals surface area contributed by atoms with Gasteiger partial charge in [-0.1, -0.05) is 0 Å². The van der Waals surface area contributed by atoms with Crippen molar-refractivity contribution in [2.75, 3.05) is 6.61 Å². The molecule has 0 aliphatic carbocycles. The summed E-state index contributed by atoms with van der Waals surface area (Å²) < 4.78 is 4.95. The third-order valence-corrected chi connectivity index (χ3v) is 2.13. The van der Waals surface area contributed by atoms with E-state index in [9.17, 15) is 15.0 Å². The van der Waals surface area contributed by atoms with Crippen LogP contribution in [0.3, 0.4) is 0 Å². The molecule has 82 valence electrons. The van der Waals surface area contributed by atoms with Crippen molar-refractivity contribution >= 4 is 5.91 Å². The van der Waals surface area contributed by atoms with Gasteiger partial charge in [0.1, 0.15) is 6.04 Å². The van der Waals surface area contributed by atoms with Gasteiger partial charge >= 0.3 is 0 Å². The van der Waals surface area contributed by atoms with Crippen molar-refractivity contribution < 1.29 is 24.9 Å². The molecule has 0 spiro atoms. The molecule has 1 unspecified atom stereocenters. The Balaban J connectivity index is 2.55. The molecule has 1 saturated heterocycles. The highest BCUT2D eigenvalue weighted by atomic mass is 16.6. The van der Waals surface area contributed by atoms with Crippen LogP contribution in [0.25, 0.3) is 0 Å². The van der Waals surface area contributed by atoms with Crippen molar-refractivity contribution in [2.24, 2.45) is 0 Å². The first kappa shape index (κ1) is 11.4. The van der Waals surface area contributed by atoms with E-state index in [2.05, 4.69) is 5.32 Å². The van der Waals surface area contributed by atoms with E-state index in [-0.39, 0.29) is 18.9 Å². The van der Waals surface area contributed by atoms with Crippen LogP contribution in [0.2, 0.25) is 0 Å². The molecule has 0 saturated carbocycles. The number of ether oxygens (including phenoxy) is 1. The Bertz CT molecular complexity index is 198. The van der Waals surface area contributed by atoms with Crippen LogP contribution in [0.1, 0.15) is 13.3 Å². The van der Waals surface area contributed by atoms with Crippen LogP contribution in [-0.2, 0) is 9.53 Å². The Labute approximate surface area is 81.5 Å². The Morgan fingerprint density at radius 1 is 1.57 bits per heavy atom. The summed E-state index contributed by atoms with van der Waals surface area (Å²) in [5.74, 6) is -0.348. The molecule has 6 heteroatoms. The SMILES string of the molecule is CC(=O)N[C@H]1C(O)O[C@H](CO)C[C@@H]1O. The standard InChI is InChI=1S/C8H15NO5/c1-4(11)9-7-6(12)2-5(3-10)14-8(7)13/h5-8,10,12-13H,2-3H2,1H3,(H,9,11)/t5-,6-,7+,8?/m0/s1. The molecule has 0 aromatic heterocycles. The van der Waals surface area contributed by atoms with Crippen LogP contribution >= 0.6 is 0 Å². The summed E-state index contributed by atoms with van der Waals surface area (Å²) >= 11 is 0. The number of nitrogens with one attached hydrogen (secondary N) is 1. The van der Waals surface area contributed by atoms with Crippen molar-refractivity contribution in [1.82, 2.24) is 5.32 Å². The molecule has 1 rings (SSSR count). The molecule has 1 heterocycles. The summed E-state index contributed by atoms with van der Waals surface area (Å²) in [6.07, 6.45) is -2.57. The Morgan fingerprint density at radius 2 is 2.21 bits per heavy atom. The molecule has 4 N–H and O–H groups in total. The normalized spacial score (nSPS) is 38.0. The predicted molar refractivity (Wildman–Crippen MR) is 46.2 cm³/mol. The van der Waals surface area contributed by atoms with Crippen molar-refractivity contribution in [3.05, 3.63) is 0 Å². The molecule has 1 aliphatic rings. The maximum Gasteiger partial charge on any atom is 0.217 e.